The number of amides is 3. The predicted octanol–water partition coefficient (Wildman–Crippen LogP) is 4.54. The Hall–Kier alpha value is -4.47. The first-order chi connectivity index (χ1) is 20.5. The number of pyridine rings is 1. The molecular formula is C30H27ClF3N5O4. The molecule has 3 atom stereocenters. The van der Waals surface area contributed by atoms with Crippen molar-refractivity contribution in [1.82, 2.24) is 10.3 Å². The molecule has 0 aliphatic carbocycles. The highest BCUT2D eigenvalue weighted by molar-refractivity contribution is 6.31. The fraction of sp³-hybridized carbons (Fsp3) is 0.300. The Morgan fingerprint density at radius 2 is 1.98 bits per heavy atom. The Kier molecular flexibility index (Phi) is 9.68. The fourth-order valence-corrected chi connectivity index (χ4v) is 5.00. The predicted molar refractivity (Wildman–Crippen MR) is 152 cm³/mol. The highest BCUT2D eigenvalue weighted by Gasteiger charge is 2.48. The molecule has 1 fully saturated rings. The number of anilines is 2. The molecule has 0 unspecified atom stereocenters. The number of aliphatic hydroxyl groups is 1. The van der Waals surface area contributed by atoms with E-state index in [1.165, 1.54) is 49.5 Å². The topological polar surface area (TPSA) is 127 Å². The first-order valence-electron chi connectivity index (χ1n) is 13.3. The molecule has 3 aromatic rings. The lowest BCUT2D eigenvalue weighted by Gasteiger charge is -2.35. The van der Waals surface area contributed by atoms with E-state index in [9.17, 15) is 37.9 Å². The Morgan fingerprint density at radius 1 is 1.23 bits per heavy atom. The van der Waals surface area contributed by atoms with Gasteiger partial charge in [-0.3, -0.25) is 24.2 Å². The van der Waals surface area contributed by atoms with E-state index in [4.69, 9.17) is 11.6 Å². The van der Waals surface area contributed by atoms with Crippen LogP contribution in [0.5, 0.6) is 0 Å². The van der Waals surface area contributed by atoms with Crippen LogP contribution in [-0.4, -0.2) is 52.4 Å². The van der Waals surface area contributed by atoms with E-state index in [0.717, 1.165) is 21.9 Å². The van der Waals surface area contributed by atoms with Crippen molar-refractivity contribution in [3.8, 4) is 6.07 Å². The van der Waals surface area contributed by atoms with Gasteiger partial charge in [-0.1, -0.05) is 42.8 Å². The first-order valence-corrected chi connectivity index (χ1v) is 13.7. The largest absolute Gasteiger partial charge is 0.383 e. The number of nitrogens with one attached hydrogen (secondary N) is 1. The maximum absolute atomic E-state index is 14.5. The molecule has 4 rings (SSSR count). The van der Waals surface area contributed by atoms with Gasteiger partial charge in [-0.25, -0.2) is 18.2 Å². The van der Waals surface area contributed by atoms with E-state index in [1.807, 2.05) is 6.07 Å². The van der Waals surface area contributed by atoms with Gasteiger partial charge in [0.2, 0.25) is 11.8 Å². The molecule has 0 bridgehead atoms. The maximum Gasteiger partial charge on any atom is 0.257 e. The number of aromatic nitrogens is 1. The molecule has 9 nitrogen and oxygen atoms in total. The van der Waals surface area contributed by atoms with Gasteiger partial charge in [0.05, 0.1) is 11.6 Å². The standard InChI is InChI=1S/C30H27ClF3N5O4/c1-2-30(33,34)11-13-37-27(41)26(21-8-3-4-9-22(21)31)38(20-7-5-6-19(32)15-20)28(42)23-16-24(40)29(43)39(23)25-14-18(17-35)10-12-36-25/h3-10,12,14-15,23-24,26,40H,2,11,13,16H2,1H3,(H,37,41)/t23-,24-,26-/m0/s1. The van der Waals surface area contributed by atoms with Gasteiger partial charge in [0.15, 0.2) is 0 Å². The van der Waals surface area contributed by atoms with Crippen LogP contribution in [-0.2, 0) is 14.4 Å². The zero-order valence-electron chi connectivity index (χ0n) is 22.9. The number of nitrogens with zero attached hydrogens (tertiary/aromatic N) is 4. The SMILES string of the molecule is CCC(F)(F)CCNC(=O)[C@H](c1ccccc1Cl)N(C(=O)[C@@H]1C[C@H](O)C(=O)N1c1cc(C#N)ccn1)c1cccc(F)c1. The minimum atomic E-state index is -3.04. The summed E-state index contributed by atoms with van der Waals surface area (Å²) < 4.78 is 42.5. The number of hydrogen-bond acceptors (Lipinski definition) is 6. The summed E-state index contributed by atoms with van der Waals surface area (Å²) in [6, 6.07) is 12.3. The number of aliphatic hydroxyl groups excluding tert-OH is 1. The minimum absolute atomic E-state index is 0.0542. The zero-order chi connectivity index (χ0) is 31.3. The van der Waals surface area contributed by atoms with Crippen molar-refractivity contribution >= 4 is 40.8 Å². The van der Waals surface area contributed by atoms with Crippen molar-refractivity contribution in [3.63, 3.8) is 0 Å². The molecule has 1 aliphatic heterocycles. The van der Waals surface area contributed by atoms with Crippen molar-refractivity contribution in [1.29, 1.82) is 5.26 Å². The van der Waals surface area contributed by atoms with Gasteiger partial charge < -0.3 is 10.4 Å². The van der Waals surface area contributed by atoms with Crippen LogP contribution in [0.15, 0.2) is 66.9 Å². The van der Waals surface area contributed by atoms with Crippen LogP contribution in [0.3, 0.4) is 0 Å². The number of carbonyl (C=O) groups is 3. The molecule has 1 aliphatic rings. The summed E-state index contributed by atoms with van der Waals surface area (Å²) in [5, 5.41) is 22.3. The van der Waals surface area contributed by atoms with Gasteiger partial charge in [0, 0.05) is 48.3 Å². The van der Waals surface area contributed by atoms with E-state index in [1.54, 1.807) is 12.1 Å². The molecule has 224 valence electrons. The highest BCUT2D eigenvalue weighted by atomic mass is 35.5. The molecule has 3 amide bonds. The van der Waals surface area contributed by atoms with Gasteiger partial charge in [-0.2, -0.15) is 5.26 Å². The van der Waals surface area contributed by atoms with E-state index in [2.05, 4.69) is 10.3 Å². The lowest BCUT2D eigenvalue weighted by atomic mass is 10.0. The van der Waals surface area contributed by atoms with Crippen LogP contribution in [0.25, 0.3) is 0 Å². The average Bonchev–Trinajstić information content (AvgIpc) is 3.29. The van der Waals surface area contributed by atoms with Crippen molar-refractivity contribution < 1.29 is 32.7 Å². The maximum atomic E-state index is 14.5. The van der Waals surface area contributed by atoms with Gasteiger partial charge in [0.25, 0.3) is 11.8 Å². The number of alkyl halides is 2. The number of benzene rings is 2. The Bertz CT molecular complexity index is 1570. The molecule has 13 heteroatoms. The summed E-state index contributed by atoms with van der Waals surface area (Å²) in [6.07, 6.45) is -1.90. The Balaban J connectivity index is 1.84. The van der Waals surface area contributed by atoms with E-state index < -0.39 is 73.5 Å². The summed E-state index contributed by atoms with van der Waals surface area (Å²) in [7, 11) is 0. The van der Waals surface area contributed by atoms with Crippen molar-refractivity contribution in [3.05, 3.63) is 88.8 Å². The molecule has 0 spiro atoms. The quantitative estimate of drug-likeness (QED) is 0.346. The van der Waals surface area contributed by atoms with Crippen molar-refractivity contribution in [2.45, 2.75) is 50.3 Å². The fourth-order valence-electron chi connectivity index (χ4n) is 4.76. The van der Waals surface area contributed by atoms with Gasteiger partial charge in [-0.05, 0) is 36.4 Å². The molecule has 0 saturated carbocycles. The minimum Gasteiger partial charge on any atom is -0.383 e. The van der Waals surface area contributed by atoms with Gasteiger partial charge in [0.1, 0.15) is 29.8 Å². The summed E-state index contributed by atoms with van der Waals surface area (Å²) in [5.74, 6) is -6.58. The number of carbonyl (C=O) groups excluding carboxylic acids is 3. The zero-order valence-corrected chi connectivity index (χ0v) is 23.6. The lowest BCUT2D eigenvalue weighted by molar-refractivity contribution is -0.127. The Labute approximate surface area is 250 Å². The van der Waals surface area contributed by atoms with E-state index in [0.29, 0.717) is 0 Å². The first kappa shape index (κ1) is 31.5. The number of halogens is 4. The molecule has 2 N–H and O–H groups in total. The third kappa shape index (κ3) is 6.96. The molecule has 2 aromatic carbocycles. The third-order valence-corrected chi connectivity index (χ3v) is 7.37. The van der Waals surface area contributed by atoms with Crippen LogP contribution >= 0.6 is 11.6 Å². The van der Waals surface area contributed by atoms with Crippen molar-refractivity contribution in [2.75, 3.05) is 16.3 Å². The van der Waals surface area contributed by atoms with Crippen LogP contribution in [0, 0.1) is 17.1 Å². The summed E-state index contributed by atoms with van der Waals surface area (Å²) in [6.45, 7) is 0.867. The normalized spacial score (nSPS) is 17.3. The molecule has 1 saturated heterocycles. The molecule has 2 heterocycles. The monoisotopic (exact) mass is 613 g/mol. The number of hydrogen-bond donors (Lipinski definition) is 2. The molecule has 1 aromatic heterocycles. The van der Waals surface area contributed by atoms with Crippen molar-refractivity contribution in [2.24, 2.45) is 0 Å². The Morgan fingerprint density at radius 3 is 2.65 bits per heavy atom. The highest BCUT2D eigenvalue weighted by Crippen LogP contribution is 2.36. The summed E-state index contributed by atoms with van der Waals surface area (Å²) in [4.78, 5) is 47.3. The van der Waals surface area contributed by atoms with Crippen LogP contribution in [0.1, 0.15) is 43.4 Å². The van der Waals surface area contributed by atoms with E-state index in [-0.39, 0.29) is 27.7 Å². The van der Waals surface area contributed by atoms with E-state index >= 15 is 0 Å². The molecule has 0 radical (unpaired) electrons. The third-order valence-electron chi connectivity index (χ3n) is 7.02. The van der Waals surface area contributed by atoms with Gasteiger partial charge >= 0.3 is 0 Å². The second-order valence-electron chi connectivity index (χ2n) is 9.85. The number of rotatable bonds is 10. The van der Waals surface area contributed by atoms with Crippen LogP contribution in [0.2, 0.25) is 5.02 Å². The lowest BCUT2D eigenvalue weighted by Crippen LogP contribution is -2.52. The smallest absolute Gasteiger partial charge is 0.257 e. The van der Waals surface area contributed by atoms with Crippen LogP contribution < -0.4 is 15.1 Å². The molecule has 43 heavy (non-hydrogen) atoms. The second-order valence-corrected chi connectivity index (χ2v) is 10.3. The molecular weight excluding hydrogens is 587 g/mol. The number of nitriles is 1. The van der Waals surface area contributed by atoms with Crippen LogP contribution in [0.4, 0.5) is 24.7 Å². The summed E-state index contributed by atoms with van der Waals surface area (Å²) >= 11 is 6.47. The van der Waals surface area contributed by atoms with Gasteiger partial charge in [-0.15, -0.1) is 0 Å². The summed E-state index contributed by atoms with van der Waals surface area (Å²) in [5.41, 5.74) is 0.128. The second kappa shape index (κ2) is 13.2. The average molecular weight is 614 g/mol.